The van der Waals surface area contributed by atoms with Gasteiger partial charge in [-0.2, -0.15) is 0 Å². The minimum Gasteiger partial charge on any atom is -0.465 e. The molecule has 0 bridgehead atoms. The third-order valence-corrected chi connectivity index (χ3v) is 4.38. The van der Waals surface area contributed by atoms with Crippen LogP contribution in [0.5, 0.6) is 0 Å². The Kier molecular flexibility index (Phi) is 8.22. The Morgan fingerprint density at radius 2 is 1.52 bits per heavy atom. The number of aliphatic hydroxyl groups is 3. The summed E-state index contributed by atoms with van der Waals surface area (Å²) in [5.74, 6) is 0. The van der Waals surface area contributed by atoms with Crippen LogP contribution in [0.4, 0.5) is 4.79 Å². The molecular weight excluding hydrogens is 348 g/mol. The molecule has 0 heterocycles. The Hall–Kier alpha value is -2.45. The molecule has 1 amide bonds. The van der Waals surface area contributed by atoms with Crippen LogP contribution in [0.15, 0.2) is 60.7 Å². The normalized spacial score (nSPS) is 15.5. The van der Waals surface area contributed by atoms with Crippen molar-refractivity contribution in [2.24, 2.45) is 0 Å². The molecule has 27 heavy (non-hydrogen) atoms. The maximum absolute atomic E-state index is 11.1. The van der Waals surface area contributed by atoms with Gasteiger partial charge in [0.15, 0.2) is 0 Å². The van der Waals surface area contributed by atoms with Gasteiger partial charge in [0.05, 0.1) is 30.9 Å². The number of amides is 1. The summed E-state index contributed by atoms with van der Waals surface area (Å²) in [7, 11) is 0. The predicted molar refractivity (Wildman–Crippen MR) is 101 cm³/mol. The van der Waals surface area contributed by atoms with Gasteiger partial charge in [0.25, 0.3) is 0 Å². The zero-order chi connectivity index (χ0) is 19.6. The zero-order valence-electron chi connectivity index (χ0n) is 14.9. The molecule has 0 aliphatic carbocycles. The molecule has 0 saturated carbocycles. The fourth-order valence-corrected chi connectivity index (χ4v) is 2.88. The smallest absolute Gasteiger partial charge is 0.404 e. The van der Waals surface area contributed by atoms with Gasteiger partial charge in [-0.15, -0.1) is 0 Å². The Bertz CT molecular complexity index is 683. The van der Waals surface area contributed by atoms with Crippen LogP contribution in [0, 0.1) is 0 Å². The van der Waals surface area contributed by atoms with Crippen LogP contribution in [-0.2, 0) is 6.42 Å². The topological polar surface area (TPSA) is 122 Å². The fraction of sp³-hybridized carbons (Fsp3) is 0.350. The van der Waals surface area contributed by atoms with Crippen LogP contribution < -0.4 is 10.6 Å². The maximum atomic E-state index is 11.1. The highest BCUT2D eigenvalue weighted by Crippen LogP contribution is 2.16. The van der Waals surface area contributed by atoms with Crippen molar-refractivity contribution in [1.29, 1.82) is 0 Å². The second-order valence-electron chi connectivity index (χ2n) is 6.37. The van der Waals surface area contributed by atoms with E-state index in [4.69, 9.17) is 5.11 Å². The van der Waals surface area contributed by atoms with Crippen molar-refractivity contribution in [2.45, 2.75) is 30.7 Å². The Labute approximate surface area is 158 Å². The Morgan fingerprint density at radius 3 is 2.07 bits per heavy atom. The van der Waals surface area contributed by atoms with E-state index in [1.165, 1.54) is 0 Å². The van der Waals surface area contributed by atoms with E-state index >= 15 is 0 Å². The van der Waals surface area contributed by atoms with E-state index in [9.17, 15) is 20.1 Å². The van der Waals surface area contributed by atoms with Crippen LogP contribution in [0.1, 0.15) is 17.2 Å². The molecular formula is C20H26N2O5. The van der Waals surface area contributed by atoms with Crippen molar-refractivity contribution in [3.05, 3.63) is 71.8 Å². The maximum Gasteiger partial charge on any atom is 0.404 e. The average Bonchev–Trinajstić information content (AvgIpc) is 2.68. The van der Waals surface area contributed by atoms with Crippen molar-refractivity contribution >= 4 is 6.09 Å². The first-order chi connectivity index (χ1) is 13.0. The molecule has 2 aromatic rings. The van der Waals surface area contributed by atoms with Gasteiger partial charge in [-0.1, -0.05) is 60.7 Å². The summed E-state index contributed by atoms with van der Waals surface area (Å²) >= 11 is 0. The first-order valence-corrected chi connectivity index (χ1v) is 8.80. The lowest BCUT2D eigenvalue weighted by Crippen LogP contribution is -2.51. The summed E-state index contributed by atoms with van der Waals surface area (Å²) in [6.45, 7) is -0.328. The van der Waals surface area contributed by atoms with E-state index in [1.807, 2.05) is 36.4 Å². The molecule has 2 rings (SSSR count). The van der Waals surface area contributed by atoms with Crippen LogP contribution in [0.3, 0.4) is 0 Å². The van der Waals surface area contributed by atoms with Gasteiger partial charge in [0.1, 0.15) is 0 Å². The lowest BCUT2D eigenvalue weighted by Gasteiger charge is -2.27. The summed E-state index contributed by atoms with van der Waals surface area (Å²) in [4.78, 5) is 11.1. The summed E-state index contributed by atoms with van der Waals surface area (Å²) in [6, 6.07) is 16.7. The summed E-state index contributed by atoms with van der Waals surface area (Å²) < 4.78 is 0. The highest BCUT2D eigenvalue weighted by atomic mass is 16.4. The lowest BCUT2D eigenvalue weighted by molar-refractivity contribution is 0.0690. The minimum atomic E-state index is -1.22. The van der Waals surface area contributed by atoms with Crippen molar-refractivity contribution in [2.75, 3.05) is 13.2 Å². The highest BCUT2D eigenvalue weighted by Gasteiger charge is 2.25. The van der Waals surface area contributed by atoms with Gasteiger partial charge in [-0.25, -0.2) is 4.79 Å². The van der Waals surface area contributed by atoms with Crippen LogP contribution >= 0.6 is 0 Å². The third kappa shape index (κ3) is 6.65. The zero-order valence-corrected chi connectivity index (χ0v) is 14.9. The van der Waals surface area contributed by atoms with E-state index in [0.717, 1.165) is 5.56 Å². The second-order valence-corrected chi connectivity index (χ2v) is 6.37. The van der Waals surface area contributed by atoms with Crippen LogP contribution in [-0.4, -0.2) is 57.9 Å². The van der Waals surface area contributed by atoms with E-state index in [0.29, 0.717) is 12.0 Å². The molecule has 7 heteroatoms. The molecule has 7 nitrogen and oxygen atoms in total. The number of aliphatic hydroxyl groups excluding tert-OH is 3. The number of carbonyl (C=O) groups is 1. The molecule has 4 atom stereocenters. The fourth-order valence-electron chi connectivity index (χ4n) is 2.88. The predicted octanol–water partition coefficient (Wildman–Crippen LogP) is 0.910. The Balaban J connectivity index is 1.98. The van der Waals surface area contributed by atoms with E-state index in [-0.39, 0.29) is 13.2 Å². The van der Waals surface area contributed by atoms with E-state index in [1.54, 1.807) is 24.3 Å². The number of hydrogen-bond donors (Lipinski definition) is 6. The molecule has 0 aromatic heterocycles. The lowest BCUT2D eigenvalue weighted by atomic mass is 9.99. The van der Waals surface area contributed by atoms with Gasteiger partial charge in [0, 0.05) is 6.54 Å². The van der Waals surface area contributed by atoms with Crippen molar-refractivity contribution < 1.29 is 25.2 Å². The minimum absolute atomic E-state index is 0.00685. The standard InChI is InChI=1S/C20H26N2O5/c23-13-17(19(25)15-9-5-2-6-10-15)21-12-18(24)16(22-20(26)27)11-14-7-3-1-4-8-14/h1-10,16-19,21-25H,11-13H2,(H,26,27)/t16-,17-,18+,19?/m0/s1. The third-order valence-electron chi connectivity index (χ3n) is 4.38. The molecule has 146 valence electrons. The molecule has 2 aromatic carbocycles. The van der Waals surface area contributed by atoms with Gasteiger partial charge >= 0.3 is 6.09 Å². The van der Waals surface area contributed by atoms with Gasteiger partial charge in [0.2, 0.25) is 0 Å². The number of nitrogens with one attached hydrogen (secondary N) is 2. The summed E-state index contributed by atoms with van der Waals surface area (Å²) in [6.07, 6.45) is -2.90. The van der Waals surface area contributed by atoms with Gasteiger partial charge < -0.3 is 31.1 Å². The number of rotatable bonds is 10. The second kappa shape index (κ2) is 10.6. The quantitative estimate of drug-likeness (QED) is 0.368. The highest BCUT2D eigenvalue weighted by molar-refractivity contribution is 5.65. The molecule has 0 fully saturated rings. The monoisotopic (exact) mass is 374 g/mol. The molecule has 0 radical (unpaired) electrons. The molecule has 6 N–H and O–H groups in total. The van der Waals surface area contributed by atoms with Gasteiger partial charge in [-0.05, 0) is 17.5 Å². The summed E-state index contributed by atoms with van der Waals surface area (Å²) in [5, 5.41) is 44.7. The van der Waals surface area contributed by atoms with Crippen molar-refractivity contribution in [3.8, 4) is 0 Å². The van der Waals surface area contributed by atoms with Crippen LogP contribution in [0.25, 0.3) is 0 Å². The first kappa shape index (κ1) is 20.9. The summed E-state index contributed by atoms with van der Waals surface area (Å²) in [5.41, 5.74) is 1.53. The van der Waals surface area contributed by atoms with Crippen molar-refractivity contribution in [3.63, 3.8) is 0 Å². The molecule has 0 aliphatic heterocycles. The number of benzene rings is 2. The first-order valence-electron chi connectivity index (χ1n) is 8.80. The number of hydrogen-bond acceptors (Lipinski definition) is 5. The molecule has 1 unspecified atom stereocenters. The average molecular weight is 374 g/mol. The molecule has 0 spiro atoms. The van der Waals surface area contributed by atoms with Crippen LogP contribution in [0.2, 0.25) is 0 Å². The molecule has 0 saturated heterocycles. The molecule has 0 aliphatic rings. The van der Waals surface area contributed by atoms with Gasteiger partial charge in [-0.3, -0.25) is 0 Å². The Morgan fingerprint density at radius 1 is 0.926 bits per heavy atom. The largest absolute Gasteiger partial charge is 0.465 e. The SMILES string of the molecule is O=C(O)N[C@@H](Cc1ccccc1)[C@H](O)CN[C@@H](CO)C(O)c1ccccc1. The van der Waals surface area contributed by atoms with Crippen molar-refractivity contribution in [1.82, 2.24) is 10.6 Å². The number of carboxylic acid groups (broad SMARTS) is 1. The van der Waals surface area contributed by atoms with E-state index in [2.05, 4.69) is 10.6 Å². The van der Waals surface area contributed by atoms with E-state index < -0.39 is 30.4 Å².